The summed E-state index contributed by atoms with van der Waals surface area (Å²) in [5, 5.41) is 58.5. The normalized spacial score (nSPS) is 10.8. The summed E-state index contributed by atoms with van der Waals surface area (Å²) in [4.78, 5) is 42.1. The zero-order chi connectivity index (χ0) is 94.2. The number of nitrogens with zero attached hydrogens (tertiary/aromatic N) is 16. The number of carboxylic acids is 2. The van der Waals surface area contributed by atoms with Gasteiger partial charge in [-0.1, -0.05) is 276 Å². The number of nitrogens with two attached hydrogens (primary N) is 1. The molecule has 0 bridgehead atoms. The number of carboxylic acid groups (broad SMARTS) is 2. The van der Waals surface area contributed by atoms with Crippen LogP contribution in [0.15, 0.2) is 446 Å². The van der Waals surface area contributed by atoms with Gasteiger partial charge in [-0.25, -0.2) is 0 Å². The number of anilines is 13. The minimum atomic E-state index is -0.833. The summed E-state index contributed by atoms with van der Waals surface area (Å²) < 4.78 is 0. The van der Waals surface area contributed by atoms with Crippen LogP contribution < -0.4 is 35.2 Å². The van der Waals surface area contributed by atoms with Crippen LogP contribution in [0.3, 0.4) is 0 Å². The maximum atomic E-state index is 9.76. The number of carbonyl (C=O) groups is 2. The topological polar surface area (TPSA) is 260 Å². The van der Waals surface area contributed by atoms with Crippen molar-refractivity contribution in [1.29, 1.82) is 0 Å². The Kier molecular flexibility index (Phi) is 31.1. The predicted molar refractivity (Wildman–Crippen MR) is 549 cm³/mol. The van der Waals surface area contributed by atoms with Crippen molar-refractivity contribution in [3.63, 3.8) is 0 Å². The number of benzene rings is 17. The molecular weight excluding hydrogens is 1750 g/mol. The van der Waals surface area contributed by atoms with Crippen molar-refractivity contribution in [2.45, 2.75) is 54.6 Å². The number of rotatable bonds is 24. The molecule has 23 heteroatoms. The molecule has 0 fully saturated rings. The second kappa shape index (κ2) is 45.1. The second-order valence-electron chi connectivity index (χ2n) is 32.7. The predicted octanol–water partition coefficient (Wildman–Crippen LogP) is 28.8. The monoisotopic (exact) mass is 1850 g/mol. The van der Waals surface area contributed by atoms with Gasteiger partial charge >= 0.3 is 0 Å². The van der Waals surface area contributed by atoms with Crippen molar-refractivity contribution in [1.82, 2.24) is 40.2 Å². The number of aliphatic carboxylic acids is 2. The van der Waals surface area contributed by atoms with Crippen molar-refractivity contribution < 1.29 is 41.7 Å². The molecule has 3 heterocycles. The van der Waals surface area contributed by atoms with Crippen LogP contribution in [-0.2, 0) is 39.7 Å². The average Bonchev–Trinajstić information content (AvgIpc) is 1.56. The first-order valence-electron chi connectivity index (χ1n) is 44.7. The van der Waals surface area contributed by atoms with Crippen LogP contribution in [0.5, 0.6) is 0 Å². The van der Waals surface area contributed by atoms with E-state index in [-0.39, 0.29) is 17.1 Å². The molecular formula is C114H99CuN17O5. The fourth-order valence-corrected chi connectivity index (χ4v) is 16.0. The zero-order valence-electron chi connectivity index (χ0n) is 76.2. The van der Waals surface area contributed by atoms with Crippen LogP contribution in [-0.4, -0.2) is 57.2 Å². The first-order chi connectivity index (χ1) is 66.5. The van der Waals surface area contributed by atoms with Gasteiger partial charge in [0, 0.05) is 145 Å². The van der Waals surface area contributed by atoms with Gasteiger partial charge in [-0.2, -0.15) is 45.3 Å². The molecule has 1 radical (unpaired) electrons. The van der Waals surface area contributed by atoms with Gasteiger partial charge in [0.2, 0.25) is 5.69 Å². The van der Waals surface area contributed by atoms with E-state index in [1.54, 1.807) is 33.9 Å². The Balaban J connectivity index is 0.000000178. The summed E-state index contributed by atoms with van der Waals surface area (Å²) in [5.41, 5.74) is 34.7. The van der Waals surface area contributed by atoms with Crippen LogP contribution in [0.2, 0.25) is 0 Å². The SMILES string of the molecule is CC(=O)O.CC(=O)O.CC(C)Cn1nc2c(-c3ccc(N(c4ccccc4)c4ccccc4)cc3)c(N)c(N=Nc3ccccc3)c(-c3ccc(N(c4ccccc4)c4ccccc4)cc3)c2n1.CC(C)Cn1nc2c(-c3ccc(N(c4ccccc4)c4ccccc4)cc3)c3n[n+](-c4ccccc4)[n-]c3c(-c3ccc(N(c4ccccc4)c4ccccc4)cc3)c2n1.O=Nc1ccccc1.[Cu]. The molecule has 20 aromatic rings. The maximum Gasteiger partial charge on any atom is 0.300 e. The van der Waals surface area contributed by atoms with Crippen LogP contribution >= 0.6 is 0 Å². The van der Waals surface area contributed by atoms with E-state index in [1.165, 1.54) is 0 Å². The Hall–Kier alpha value is -17.4. The van der Waals surface area contributed by atoms with Gasteiger partial charge in [-0.05, 0) is 209 Å². The number of hydrogen-bond acceptors (Lipinski definition) is 16. The van der Waals surface area contributed by atoms with E-state index in [2.05, 4.69) is 344 Å². The molecule has 137 heavy (non-hydrogen) atoms. The number of nitrogen functional groups attached to an aromatic ring is 1. The quantitative estimate of drug-likeness (QED) is 0.0167. The molecule has 0 aliphatic carbocycles. The third-order valence-electron chi connectivity index (χ3n) is 21.8. The van der Waals surface area contributed by atoms with Gasteiger partial charge in [0.25, 0.3) is 11.9 Å². The van der Waals surface area contributed by atoms with Gasteiger partial charge in [0.1, 0.15) is 33.4 Å². The first-order valence-corrected chi connectivity index (χ1v) is 44.7. The Bertz CT molecular complexity index is 7000. The number of azo groups is 1. The van der Waals surface area contributed by atoms with Crippen molar-refractivity contribution in [3.05, 3.63) is 436 Å². The average molecular weight is 1850 g/mol. The molecule has 0 amide bonds. The Morgan fingerprint density at radius 3 is 0.839 bits per heavy atom. The minimum Gasteiger partial charge on any atom is -0.481 e. The molecule has 0 saturated carbocycles. The van der Waals surface area contributed by atoms with E-state index in [4.69, 9.17) is 66.4 Å². The van der Waals surface area contributed by atoms with E-state index in [0.29, 0.717) is 53.0 Å². The fraction of sp³-hybridized carbons (Fsp3) is 0.0877. The maximum absolute atomic E-state index is 9.76. The molecule has 20 rings (SSSR count). The largest absolute Gasteiger partial charge is 0.481 e. The first kappa shape index (κ1) is 94.3. The van der Waals surface area contributed by atoms with Crippen LogP contribution in [0, 0.1) is 16.7 Å². The molecule has 0 spiro atoms. The molecule has 681 valence electrons. The van der Waals surface area contributed by atoms with Gasteiger partial charge < -0.3 is 35.5 Å². The molecule has 0 unspecified atom stereocenters. The van der Waals surface area contributed by atoms with Gasteiger partial charge in [-0.15, -0.1) is 14.8 Å². The van der Waals surface area contributed by atoms with Crippen LogP contribution in [0.25, 0.3) is 83.3 Å². The Morgan fingerprint density at radius 2 is 0.555 bits per heavy atom. The summed E-state index contributed by atoms with van der Waals surface area (Å²) in [5.74, 6) is -1.01. The summed E-state index contributed by atoms with van der Waals surface area (Å²) in [6.07, 6.45) is 0. The molecule has 0 saturated heterocycles. The van der Waals surface area contributed by atoms with Gasteiger partial charge in [-0.3, -0.25) is 9.59 Å². The van der Waals surface area contributed by atoms with Crippen molar-refractivity contribution in [2.24, 2.45) is 27.2 Å². The van der Waals surface area contributed by atoms with E-state index in [0.717, 1.165) is 160 Å². The van der Waals surface area contributed by atoms with Crippen molar-refractivity contribution in [2.75, 3.05) is 25.3 Å². The molecule has 0 aliphatic rings. The zero-order valence-corrected chi connectivity index (χ0v) is 77.2. The Morgan fingerprint density at radius 1 is 0.321 bits per heavy atom. The van der Waals surface area contributed by atoms with E-state index >= 15 is 0 Å². The van der Waals surface area contributed by atoms with E-state index in [9.17, 15) is 4.91 Å². The summed E-state index contributed by atoms with van der Waals surface area (Å²) >= 11 is 0. The van der Waals surface area contributed by atoms with Crippen LogP contribution in [0.4, 0.5) is 91.0 Å². The van der Waals surface area contributed by atoms with Gasteiger partial charge in [0.15, 0.2) is 0 Å². The molecule has 4 N–H and O–H groups in total. The number of hydrogen-bond donors (Lipinski definition) is 3. The van der Waals surface area contributed by atoms with E-state index in [1.807, 2.05) is 120 Å². The third kappa shape index (κ3) is 22.9. The number of fused-ring (bicyclic) bond motifs is 3. The van der Waals surface area contributed by atoms with Crippen LogP contribution in [0.1, 0.15) is 41.5 Å². The van der Waals surface area contributed by atoms with Crippen molar-refractivity contribution in [3.8, 4) is 50.2 Å². The summed E-state index contributed by atoms with van der Waals surface area (Å²) in [6.45, 7) is 12.2. The molecule has 0 aliphatic heterocycles. The van der Waals surface area contributed by atoms with Crippen molar-refractivity contribution >= 4 is 136 Å². The molecule has 22 nitrogen and oxygen atoms in total. The smallest absolute Gasteiger partial charge is 0.300 e. The number of aromatic nitrogens is 9. The molecule has 3 aromatic heterocycles. The number of nitroso groups, excluding NO2 is 1. The minimum absolute atomic E-state index is 0. The molecule has 17 aromatic carbocycles. The fourth-order valence-electron chi connectivity index (χ4n) is 16.0. The summed E-state index contributed by atoms with van der Waals surface area (Å²) in [6, 6.07) is 146. The number of para-hydroxylation sites is 9. The van der Waals surface area contributed by atoms with E-state index < -0.39 is 11.9 Å². The van der Waals surface area contributed by atoms with Gasteiger partial charge in [0.05, 0.1) is 24.5 Å². The Labute approximate surface area is 805 Å². The summed E-state index contributed by atoms with van der Waals surface area (Å²) in [7, 11) is 0. The molecule has 0 atom stereocenters. The third-order valence-corrected chi connectivity index (χ3v) is 21.8. The standard InChI is InChI=1S/C52H42N8.C52H44N8.C6H5NO.2C2H4O2.Cu/c1-37(2)36-57-53-49-47(38-28-32-44(33-29-38)58(40-18-8-3-9-19-40)41-20-10-4-11-21-41)51-52(56-60(55-51)46-26-16-7-17-27-46)48(50(49)54-57)39-30-34-45(35-31-39)59(42-22-12-5-13-23-42)43-24-14-6-15-25-43;1-37(2)36-58-56-51-47(38-28-32-45(33-29-38)59(41-20-10-4-11-21-41)42-22-12-5-13-23-42)49(53)50(55-54-40-18-8-3-9-19-40)48(52(51)57-58)39-30-34-46(35-31-39)60(43-24-14-6-15-25-43)44-26-16-7-17-27-44;8-7-6-4-2-1-3-5-6;2*1-2(3)4;/h3-35,37H,36H2,1-2H3;3-35,37H,36,53H2,1-2H3;1-5H;2*1H3,(H,3,4);. The second-order valence-corrected chi connectivity index (χ2v) is 32.7.